The number of cyclic esters (lactones) is 1. The maximum absolute atomic E-state index is 12.4. The summed E-state index contributed by atoms with van der Waals surface area (Å²) < 4.78 is 5.42. The molecule has 2 N–H and O–H groups in total. The number of rotatable bonds is 0. The van der Waals surface area contributed by atoms with E-state index in [1.807, 2.05) is 12.2 Å². The molecule has 0 saturated carbocycles. The van der Waals surface area contributed by atoms with Crippen LogP contribution in [0.25, 0.3) is 0 Å². The normalized spacial score (nSPS) is 18.6. The molecule has 0 radical (unpaired) electrons. The second-order valence-electron chi connectivity index (χ2n) is 5.89. The zero-order valence-corrected chi connectivity index (χ0v) is 16.9. The van der Waals surface area contributed by atoms with Crippen molar-refractivity contribution in [3.05, 3.63) is 32.2 Å². The lowest BCUT2D eigenvalue weighted by atomic mass is 9.98. The molecule has 0 amide bonds. The van der Waals surface area contributed by atoms with Gasteiger partial charge in [-0.2, -0.15) is 0 Å². The van der Waals surface area contributed by atoms with Crippen LogP contribution < -0.4 is 0 Å². The number of ether oxygens (including phenoxy) is 1. The van der Waals surface area contributed by atoms with E-state index in [1.165, 1.54) is 0 Å². The first-order valence-corrected chi connectivity index (χ1v) is 9.77. The Balaban J connectivity index is 2.41. The summed E-state index contributed by atoms with van der Waals surface area (Å²) >= 11 is 6.28. The van der Waals surface area contributed by atoms with Crippen molar-refractivity contribution in [1.82, 2.24) is 0 Å². The number of benzene rings is 1. The van der Waals surface area contributed by atoms with Gasteiger partial charge in [0.2, 0.25) is 0 Å². The number of fused-ring (bicyclic) bond motifs is 1. The number of ketones is 1. The lowest BCUT2D eigenvalue weighted by molar-refractivity contribution is -0.118. The minimum Gasteiger partial charge on any atom is -0.506 e. The zero-order chi connectivity index (χ0) is 18.4. The highest BCUT2D eigenvalue weighted by atomic mass is 79.9. The van der Waals surface area contributed by atoms with E-state index in [2.05, 4.69) is 31.9 Å². The molecule has 0 bridgehead atoms. The lowest BCUT2D eigenvalue weighted by Crippen LogP contribution is -2.13. The number of hydrogen-bond donors (Lipinski definition) is 2. The van der Waals surface area contributed by atoms with Crippen molar-refractivity contribution in [1.29, 1.82) is 0 Å². The molecule has 0 fully saturated rings. The van der Waals surface area contributed by atoms with E-state index in [4.69, 9.17) is 4.74 Å². The van der Waals surface area contributed by atoms with Crippen LogP contribution in [0.4, 0.5) is 0 Å². The minimum absolute atomic E-state index is 0.0136. The number of allylic oxidation sites excluding steroid dienone is 1. The van der Waals surface area contributed by atoms with Crippen molar-refractivity contribution in [3.63, 3.8) is 0 Å². The fourth-order valence-electron chi connectivity index (χ4n) is 2.67. The third-order valence-electron chi connectivity index (χ3n) is 4.02. The molecule has 0 saturated heterocycles. The van der Waals surface area contributed by atoms with Crippen LogP contribution in [-0.4, -0.2) is 28.6 Å². The van der Waals surface area contributed by atoms with Gasteiger partial charge in [-0.15, -0.1) is 0 Å². The molecule has 0 unspecified atom stereocenters. The summed E-state index contributed by atoms with van der Waals surface area (Å²) in [5.41, 5.74) is 0.155. The number of halogens is 2. The largest absolute Gasteiger partial charge is 0.506 e. The van der Waals surface area contributed by atoms with Crippen LogP contribution in [-0.2, 0) is 16.0 Å². The Hall–Kier alpha value is -1.34. The summed E-state index contributed by atoms with van der Waals surface area (Å²) in [6.07, 6.45) is 8.61. The second-order valence-corrected chi connectivity index (χ2v) is 7.48. The molecule has 1 heterocycles. The van der Waals surface area contributed by atoms with Gasteiger partial charge >= 0.3 is 5.97 Å². The first-order valence-electron chi connectivity index (χ1n) is 8.19. The average molecular weight is 476 g/mol. The van der Waals surface area contributed by atoms with E-state index < -0.39 is 11.7 Å². The number of carbonyl (C=O) groups excluding carboxylic acids is 2. The lowest BCUT2D eigenvalue weighted by Gasteiger charge is -2.15. The molecule has 1 aromatic carbocycles. The number of esters is 1. The zero-order valence-electron chi connectivity index (χ0n) is 13.7. The monoisotopic (exact) mass is 474 g/mol. The summed E-state index contributed by atoms with van der Waals surface area (Å²) in [6.45, 7) is 0.179. The highest BCUT2D eigenvalue weighted by Gasteiger charge is 2.27. The van der Waals surface area contributed by atoms with Crippen LogP contribution in [0, 0.1) is 0 Å². The van der Waals surface area contributed by atoms with Gasteiger partial charge in [0.05, 0.1) is 11.1 Å². The van der Waals surface area contributed by atoms with Crippen LogP contribution in [0.5, 0.6) is 11.5 Å². The molecule has 1 aliphatic heterocycles. The van der Waals surface area contributed by atoms with Crippen molar-refractivity contribution in [3.8, 4) is 11.5 Å². The molecule has 2 rings (SSSR count). The van der Waals surface area contributed by atoms with Gasteiger partial charge in [-0.25, -0.2) is 4.79 Å². The van der Waals surface area contributed by atoms with E-state index in [0.717, 1.165) is 25.7 Å². The number of phenols is 2. The van der Waals surface area contributed by atoms with E-state index in [0.29, 0.717) is 12.8 Å². The summed E-state index contributed by atoms with van der Waals surface area (Å²) in [7, 11) is 0. The first kappa shape index (κ1) is 20.0. The number of phenolic OH excluding ortho intramolecular Hbond substituents is 2. The second kappa shape index (κ2) is 9.38. The predicted molar refractivity (Wildman–Crippen MR) is 101 cm³/mol. The molecule has 25 heavy (non-hydrogen) atoms. The van der Waals surface area contributed by atoms with Crippen LogP contribution >= 0.6 is 31.9 Å². The maximum Gasteiger partial charge on any atom is 0.342 e. The van der Waals surface area contributed by atoms with Crippen molar-refractivity contribution in [2.24, 2.45) is 0 Å². The third kappa shape index (κ3) is 5.07. The van der Waals surface area contributed by atoms with Crippen molar-refractivity contribution in [2.75, 3.05) is 6.61 Å². The van der Waals surface area contributed by atoms with Gasteiger partial charge in [0.25, 0.3) is 0 Å². The number of hydrogen-bond acceptors (Lipinski definition) is 5. The van der Waals surface area contributed by atoms with Gasteiger partial charge in [-0.1, -0.05) is 18.6 Å². The quantitative estimate of drug-likeness (QED) is 0.415. The molecule has 0 spiro atoms. The van der Waals surface area contributed by atoms with Crippen LogP contribution in [0.15, 0.2) is 21.1 Å². The number of Topliss-reactive ketones (excluding diaryl/α,β-unsaturated/α-hetero) is 1. The van der Waals surface area contributed by atoms with Crippen molar-refractivity contribution >= 4 is 43.6 Å². The Kier molecular flexibility index (Phi) is 7.50. The van der Waals surface area contributed by atoms with Crippen molar-refractivity contribution < 1.29 is 24.5 Å². The molecule has 0 aliphatic carbocycles. The summed E-state index contributed by atoms with van der Waals surface area (Å²) in [5, 5.41) is 20.4. The fraction of sp³-hybridized carbons (Fsp3) is 0.444. The SMILES string of the molecule is O=C1CCCCC/C=C/CCOC(=O)c2c(O)c(Br)c(O)c(Br)c2C1. The Morgan fingerprint density at radius 1 is 0.920 bits per heavy atom. The van der Waals surface area contributed by atoms with E-state index in [9.17, 15) is 19.8 Å². The standard InChI is InChI=1S/C18H20Br2O5/c19-14-12-10-11(21)8-6-4-2-1-3-5-7-9-25-18(24)13(12)16(22)15(20)17(14)23/h3,5,22-23H,1-2,4,6-10H2/b5-3+. The molecule has 1 aliphatic rings. The molecular formula is C18H20Br2O5. The van der Waals surface area contributed by atoms with E-state index in [1.54, 1.807) is 0 Å². The molecule has 0 aromatic heterocycles. The smallest absolute Gasteiger partial charge is 0.342 e. The summed E-state index contributed by atoms with van der Waals surface area (Å²) in [6, 6.07) is 0. The molecule has 1 aromatic rings. The molecule has 7 heteroatoms. The predicted octanol–water partition coefficient (Wildman–Crippen LogP) is 4.80. The molecule has 0 atom stereocenters. The van der Waals surface area contributed by atoms with Gasteiger partial charge < -0.3 is 14.9 Å². The average Bonchev–Trinajstić information content (AvgIpc) is 2.59. The fourth-order valence-corrected chi connectivity index (χ4v) is 3.87. The Bertz CT molecular complexity index is 697. The highest BCUT2D eigenvalue weighted by molar-refractivity contribution is 9.11. The van der Waals surface area contributed by atoms with Gasteiger partial charge in [-0.05, 0) is 63.1 Å². The highest BCUT2D eigenvalue weighted by Crippen LogP contribution is 2.45. The Morgan fingerprint density at radius 3 is 2.40 bits per heavy atom. The Morgan fingerprint density at radius 2 is 1.64 bits per heavy atom. The van der Waals surface area contributed by atoms with Gasteiger partial charge in [0.15, 0.2) is 0 Å². The van der Waals surface area contributed by atoms with Crippen LogP contribution in [0.1, 0.15) is 54.4 Å². The summed E-state index contributed by atoms with van der Waals surface area (Å²) in [5.74, 6) is -1.45. The topological polar surface area (TPSA) is 83.8 Å². The number of carbonyl (C=O) groups is 2. The summed E-state index contributed by atoms with van der Waals surface area (Å²) in [4.78, 5) is 24.7. The van der Waals surface area contributed by atoms with Gasteiger partial charge in [0, 0.05) is 12.8 Å². The van der Waals surface area contributed by atoms with Gasteiger partial charge in [-0.3, -0.25) is 4.79 Å². The Labute approximate surface area is 163 Å². The van der Waals surface area contributed by atoms with Crippen LogP contribution in [0.3, 0.4) is 0 Å². The first-order chi connectivity index (χ1) is 11.9. The number of aromatic hydroxyl groups is 2. The molecule has 5 nitrogen and oxygen atoms in total. The van der Waals surface area contributed by atoms with Gasteiger partial charge in [0.1, 0.15) is 27.3 Å². The third-order valence-corrected chi connectivity index (χ3v) is 5.62. The van der Waals surface area contributed by atoms with Crippen molar-refractivity contribution in [2.45, 2.75) is 44.9 Å². The molecule has 136 valence electrons. The van der Waals surface area contributed by atoms with E-state index >= 15 is 0 Å². The minimum atomic E-state index is -0.718. The maximum atomic E-state index is 12.4. The van der Waals surface area contributed by atoms with E-state index in [-0.39, 0.29) is 44.6 Å². The van der Waals surface area contributed by atoms with Crippen LogP contribution in [0.2, 0.25) is 0 Å². The molecular weight excluding hydrogens is 456 g/mol.